The molecule has 0 aliphatic heterocycles. The van der Waals surface area contributed by atoms with Gasteiger partial charge in [-0.3, -0.25) is 0 Å². The predicted octanol–water partition coefficient (Wildman–Crippen LogP) is 5.29. The molecule has 0 spiro atoms. The molecule has 0 aliphatic carbocycles. The molecule has 0 fully saturated rings. The topological polar surface area (TPSA) is 52.1 Å². The Morgan fingerprint density at radius 3 is 2.48 bits per heavy atom. The van der Waals surface area contributed by atoms with E-state index >= 15 is 0 Å². The summed E-state index contributed by atoms with van der Waals surface area (Å²) in [6.45, 7) is 0. The quantitative estimate of drug-likeness (QED) is 0.256. The van der Waals surface area contributed by atoms with E-state index in [-0.39, 0.29) is 10.7 Å². The van der Waals surface area contributed by atoms with Crippen LogP contribution in [0.3, 0.4) is 0 Å². The molecule has 0 aliphatic rings. The third-order valence-electron chi connectivity index (χ3n) is 3.15. The molecular formula is C18H12Cl2N2O2S. The van der Waals surface area contributed by atoms with Crippen molar-refractivity contribution in [2.75, 3.05) is 0 Å². The lowest BCUT2D eigenvalue weighted by atomic mass is 10.2. The maximum Gasteiger partial charge on any atom is 0.364 e. The van der Waals surface area contributed by atoms with Crippen molar-refractivity contribution in [3.8, 4) is 5.75 Å². The van der Waals surface area contributed by atoms with Crippen LogP contribution in [-0.2, 0) is 5.75 Å². The van der Waals surface area contributed by atoms with E-state index in [1.807, 2.05) is 30.3 Å². The van der Waals surface area contributed by atoms with Gasteiger partial charge in [-0.25, -0.2) is 14.8 Å². The van der Waals surface area contributed by atoms with Gasteiger partial charge in [0, 0.05) is 10.8 Å². The number of ether oxygens (including phenoxy) is 1. The zero-order chi connectivity index (χ0) is 17.6. The van der Waals surface area contributed by atoms with Gasteiger partial charge in [0.15, 0.2) is 10.9 Å². The highest BCUT2D eigenvalue weighted by Crippen LogP contribution is 2.23. The Balaban J connectivity index is 1.72. The first kappa shape index (κ1) is 17.7. The van der Waals surface area contributed by atoms with E-state index in [0.29, 0.717) is 21.7 Å². The second-order valence-electron chi connectivity index (χ2n) is 4.97. The highest BCUT2D eigenvalue weighted by Gasteiger charge is 2.17. The average molecular weight is 391 g/mol. The fourth-order valence-electron chi connectivity index (χ4n) is 1.94. The van der Waals surface area contributed by atoms with Gasteiger partial charge in [0.25, 0.3) is 0 Å². The maximum absolute atomic E-state index is 12.3. The Bertz CT molecular complexity index is 874. The molecule has 3 rings (SSSR count). The number of esters is 1. The average Bonchev–Trinajstić information content (AvgIpc) is 2.64. The van der Waals surface area contributed by atoms with Crippen LogP contribution in [0.25, 0.3) is 0 Å². The summed E-state index contributed by atoms with van der Waals surface area (Å²) in [5.41, 5.74) is 1.17. The summed E-state index contributed by atoms with van der Waals surface area (Å²) in [4.78, 5) is 20.7. The highest BCUT2D eigenvalue weighted by molar-refractivity contribution is 7.98. The fraction of sp³-hybridized carbons (Fsp3) is 0.0556. The summed E-state index contributed by atoms with van der Waals surface area (Å²) < 4.78 is 5.27. The minimum absolute atomic E-state index is 0.0298. The molecule has 0 radical (unpaired) electrons. The number of rotatable bonds is 5. The second-order valence-corrected chi connectivity index (χ2v) is 6.75. The van der Waals surface area contributed by atoms with Gasteiger partial charge in [-0.05, 0) is 29.8 Å². The lowest BCUT2D eigenvalue weighted by Gasteiger charge is -2.07. The number of hydrogen-bond acceptors (Lipinski definition) is 5. The standard InChI is InChI=1S/C18H12Cl2N2O2S/c19-13-6-8-14(9-7-13)24-17(23)16-15(20)10-21-18(22-16)25-11-12-4-2-1-3-5-12/h1-10H,11H2. The van der Waals surface area contributed by atoms with Crippen molar-refractivity contribution in [2.24, 2.45) is 0 Å². The van der Waals surface area contributed by atoms with Crippen LogP contribution in [0, 0.1) is 0 Å². The van der Waals surface area contributed by atoms with Gasteiger partial charge in [0.05, 0.1) is 11.2 Å². The first-order chi connectivity index (χ1) is 12.1. The molecule has 126 valence electrons. The molecule has 2 aromatic carbocycles. The number of carbonyl (C=O) groups excluding carboxylic acids is 1. The number of halogens is 2. The van der Waals surface area contributed by atoms with E-state index in [4.69, 9.17) is 27.9 Å². The van der Waals surface area contributed by atoms with Crippen LogP contribution in [0.15, 0.2) is 66.0 Å². The van der Waals surface area contributed by atoms with Crippen LogP contribution in [0.2, 0.25) is 10.0 Å². The summed E-state index contributed by atoms with van der Waals surface area (Å²) in [7, 11) is 0. The lowest BCUT2D eigenvalue weighted by molar-refractivity contribution is 0.0727. The minimum Gasteiger partial charge on any atom is -0.422 e. The molecule has 3 aromatic rings. The third-order valence-corrected chi connectivity index (χ3v) is 4.61. The molecule has 4 nitrogen and oxygen atoms in total. The first-order valence-corrected chi connectivity index (χ1v) is 9.03. The van der Waals surface area contributed by atoms with Crippen molar-refractivity contribution in [3.05, 3.63) is 82.1 Å². The van der Waals surface area contributed by atoms with Crippen molar-refractivity contribution in [1.29, 1.82) is 0 Å². The van der Waals surface area contributed by atoms with Crippen LogP contribution in [-0.4, -0.2) is 15.9 Å². The Morgan fingerprint density at radius 2 is 1.76 bits per heavy atom. The number of hydrogen-bond donors (Lipinski definition) is 0. The van der Waals surface area contributed by atoms with Gasteiger partial charge in [0.2, 0.25) is 0 Å². The fourth-order valence-corrected chi connectivity index (χ4v) is 3.01. The van der Waals surface area contributed by atoms with E-state index in [0.717, 1.165) is 5.56 Å². The smallest absolute Gasteiger partial charge is 0.364 e. The Hall–Kier alpha value is -2.08. The van der Waals surface area contributed by atoms with Gasteiger partial charge < -0.3 is 4.74 Å². The zero-order valence-electron chi connectivity index (χ0n) is 12.9. The van der Waals surface area contributed by atoms with Crippen molar-refractivity contribution in [1.82, 2.24) is 9.97 Å². The van der Waals surface area contributed by atoms with Crippen LogP contribution >= 0.6 is 35.0 Å². The molecule has 1 heterocycles. The third kappa shape index (κ3) is 4.95. The SMILES string of the molecule is O=C(Oc1ccc(Cl)cc1)c1nc(SCc2ccccc2)ncc1Cl. The number of carbonyl (C=O) groups is 1. The van der Waals surface area contributed by atoms with Gasteiger partial charge in [-0.1, -0.05) is 65.3 Å². The van der Waals surface area contributed by atoms with Crippen molar-refractivity contribution in [3.63, 3.8) is 0 Å². The molecule has 1 aromatic heterocycles. The number of benzene rings is 2. The van der Waals surface area contributed by atoms with E-state index in [2.05, 4.69) is 9.97 Å². The molecular weight excluding hydrogens is 379 g/mol. The van der Waals surface area contributed by atoms with Crippen molar-refractivity contribution in [2.45, 2.75) is 10.9 Å². The van der Waals surface area contributed by atoms with Crippen LogP contribution in [0.5, 0.6) is 5.75 Å². The van der Waals surface area contributed by atoms with Gasteiger partial charge in [-0.15, -0.1) is 0 Å². The van der Waals surface area contributed by atoms with Gasteiger partial charge in [-0.2, -0.15) is 0 Å². The summed E-state index contributed by atoms with van der Waals surface area (Å²) in [6.07, 6.45) is 1.40. The largest absolute Gasteiger partial charge is 0.422 e. The molecule has 0 unspecified atom stereocenters. The summed E-state index contributed by atoms with van der Waals surface area (Å²) in [6, 6.07) is 16.4. The molecule has 0 bridgehead atoms. The Kier molecular flexibility index (Phi) is 5.91. The minimum atomic E-state index is -0.642. The molecule has 0 saturated carbocycles. The Morgan fingerprint density at radius 1 is 1.04 bits per heavy atom. The number of nitrogens with zero attached hydrogens (tertiary/aromatic N) is 2. The molecule has 25 heavy (non-hydrogen) atoms. The lowest BCUT2D eigenvalue weighted by Crippen LogP contribution is -2.12. The molecule has 0 amide bonds. The van der Waals surface area contributed by atoms with Crippen molar-refractivity contribution < 1.29 is 9.53 Å². The molecule has 0 N–H and O–H groups in total. The van der Waals surface area contributed by atoms with E-state index in [9.17, 15) is 4.79 Å². The molecule has 7 heteroatoms. The zero-order valence-corrected chi connectivity index (χ0v) is 15.2. The first-order valence-electron chi connectivity index (χ1n) is 7.29. The summed E-state index contributed by atoms with van der Waals surface area (Å²) in [5.74, 6) is 0.410. The highest BCUT2D eigenvalue weighted by atomic mass is 35.5. The number of aromatic nitrogens is 2. The predicted molar refractivity (Wildman–Crippen MR) is 99.5 cm³/mol. The monoisotopic (exact) mass is 390 g/mol. The summed E-state index contributed by atoms with van der Waals surface area (Å²) >= 11 is 13.3. The van der Waals surface area contributed by atoms with Gasteiger partial charge >= 0.3 is 5.97 Å². The summed E-state index contributed by atoms with van der Waals surface area (Å²) in [5, 5.41) is 1.15. The van der Waals surface area contributed by atoms with Crippen molar-refractivity contribution >= 4 is 40.9 Å². The second kappa shape index (κ2) is 8.34. The normalized spacial score (nSPS) is 10.5. The van der Waals surface area contributed by atoms with Crippen LogP contribution in [0.4, 0.5) is 0 Å². The molecule has 0 atom stereocenters. The number of thioether (sulfide) groups is 1. The molecule has 0 saturated heterocycles. The van der Waals surface area contributed by atoms with Crippen LogP contribution in [0.1, 0.15) is 16.1 Å². The van der Waals surface area contributed by atoms with Gasteiger partial charge in [0.1, 0.15) is 5.75 Å². The van der Waals surface area contributed by atoms with E-state index < -0.39 is 5.97 Å². The van der Waals surface area contributed by atoms with E-state index in [1.165, 1.54) is 18.0 Å². The van der Waals surface area contributed by atoms with E-state index in [1.54, 1.807) is 24.3 Å². The Labute approximate surface area is 159 Å². The van der Waals surface area contributed by atoms with Crippen LogP contribution < -0.4 is 4.74 Å². The maximum atomic E-state index is 12.3.